The number of benzene rings is 1. The van der Waals surface area contributed by atoms with Crippen LogP contribution in [0.15, 0.2) is 6.07 Å². The van der Waals surface area contributed by atoms with Gasteiger partial charge in [-0.1, -0.05) is 11.6 Å². The van der Waals surface area contributed by atoms with E-state index in [9.17, 15) is 13.6 Å². The van der Waals surface area contributed by atoms with Crippen LogP contribution in [0.25, 0.3) is 0 Å². The maximum atomic E-state index is 13.3. The Balaban J connectivity index is 3.32. The molecule has 0 atom stereocenters. The van der Waals surface area contributed by atoms with E-state index >= 15 is 0 Å². The number of aromatic hydroxyl groups is 1. The molecular weight excluding hydrogens is 228 g/mol. The standard InChI is InChI=1S/C9H8ClF2NO2/c10-4-3-5(11)9(15)7(8(4)12)6(14)1-2-13/h3,15H,1-2,13H2. The van der Waals surface area contributed by atoms with Crippen LogP contribution >= 0.6 is 11.6 Å². The Morgan fingerprint density at radius 3 is 2.67 bits per heavy atom. The Morgan fingerprint density at radius 2 is 2.13 bits per heavy atom. The molecule has 3 nitrogen and oxygen atoms in total. The minimum absolute atomic E-state index is 0.0220. The highest BCUT2D eigenvalue weighted by atomic mass is 35.5. The normalized spacial score (nSPS) is 10.4. The molecule has 0 fully saturated rings. The van der Waals surface area contributed by atoms with E-state index in [1.165, 1.54) is 0 Å². The zero-order chi connectivity index (χ0) is 11.6. The highest BCUT2D eigenvalue weighted by Crippen LogP contribution is 2.30. The van der Waals surface area contributed by atoms with Crippen molar-refractivity contribution in [2.45, 2.75) is 6.42 Å². The summed E-state index contributed by atoms with van der Waals surface area (Å²) in [6.45, 7) is -0.0220. The zero-order valence-corrected chi connectivity index (χ0v) is 8.31. The molecule has 0 heterocycles. The Morgan fingerprint density at radius 1 is 1.53 bits per heavy atom. The van der Waals surface area contributed by atoms with E-state index in [0.717, 1.165) is 0 Å². The molecule has 1 aromatic rings. The van der Waals surface area contributed by atoms with Crippen molar-refractivity contribution >= 4 is 17.4 Å². The minimum atomic E-state index is -1.14. The lowest BCUT2D eigenvalue weighted by Gasteiger charge is -2.06. The Labute approximate surface area is 89.5 Å². The van der Waals surface area contributed by atoms with Crippen molar-refractivity contribution in [2.75, 3.05) is 6.54 Å². The third kappa shape index (κ3) is 2.24. The van der Waals surface area contributed by atoms with E-state index in [1.54, 1.807) is 0 Å². The fourth-order valence-corrected chi connectivity index (χ4v) is 1.29. The van der Waals surface area contributed by atoms with Crippen molar-refractivity contribution in [2.24, 2.45) is 5.73 Å². The molecule has 0 aliphatic rings. The van der Waals surface area contributed by atoms with E-state index in [2.05, 4.69) is 0 Å². The van der Waals surface area contributed by atoms with Gasteiger partial charge in [0.15, 0.2) is 23.2 Å². The van der Waals surface area contributed by atoms with Gasteiger partial charge in [0, 0.05) is 6.42 Å². The van der Waals surface area contributed by atoms with Gasteiger partial charge in [0.25, 0.3) is 0 Å². The zero-order valence-electron chi connectivity index (χ0n) is 7.56. The Bertz CT molecular complexity index is 383. The van der Waals surface area contributed by atoms with Gasteiger partial charge in [-0.15, -0.1) is 0 Å². The van der Waals surface area contributed by atoms with E-state index in [1.807, 2.05) is 0 Å². The summed E-state index contributed by atoms with van der Waals surface area (Å²) in [4.78, 5) is 11.3. The van der Waals surface area contributed by atoms with Gasteiger partial charge in [0.1, 0.15) is 0 Å². The second-order valence-corrected chi connectivity index (χ2v) is 3.25. The Hall–Kier alpha value is -1.20. The molecular formula is C9H8ClF2NO2. The van der Waals surface area contributed by atoms with Gasteiger partial charge in [0.05, 0.1) is 10.6 Å². The lowest BCUT2D eigenvalue weighted by atomic mass is 10.1. The quantitative estimate of drug-likeness (QED) is 0.621. The lowest BCUT2D eigenvalue weighted by Crippen LogP contribution is -2.11. The summed E-state index contributed by atoms with van der Waals surface area (Å²) in [5.74, 6) is -4.08. The first-order chi connectivity index (χ1) is 6.99. The van der Waals surface area contributed by atoms with Crippen LogP contribution in [0.2, 0.25) is 5.02 Å². The van der Waals surface area contributed by atoms with Crippen LogP contribution in [0.1, 0.15) is 16.8 Å². The predicted molar refractivity (Wildman–Crippen MR) is 51.0 cm³/mol. The SMILES string of the molecule is NCCC(=O)c1c(O)c(F)cc(Cl)c1F. The largest absolute Gasteiger partial charge is 0.504 e. The Kier molecular flexibility index (Phi) is 3.60. The number of halogens is 3. The van der Waals surface area contributed by atoms with Crippen molar-refractivity contribution in [3.63, 3.8) is 0 Å². The maximum absolute atomic E-state index is 13.3. The van der Waals surface area contributed by atoms with Crippen LogP contribution in [0.3, 0.4) is 0 Å². The van der Waals surface area contributed by atoms with Crippen molar-refractivity contribution in [1.29, 1.82) is 0 Å². The summed E-state index contributed by atoms with van der Waals surface area (Å²) in [7, 11) is 0. The topological polar surface area (TPSA) is 63.3 Å². The average molecular weight is 236 g/mol. The number of phenolic OH excluding ortho intramolecular Hbond substituents is 1. The molecule has 15 heavy (non-hydrogen) atoms. The molecule has 3 N–H and O–H groups in total. The summed E-state index contributed by atoms with van der Waals surface area (Å²) in [6, 6.07) is 0.603. The monoisotopic (exact) mass is 235 g/mol. The molecule has 0 spiro atoms. The van der Waals surface area contributed by atoms with Gasteiger partial charge >= 0.3 is 0 Å². The van der Waals surface area contributed by atoms with Crippen LogP contribution in [0, 0.1) is 11.6 Å². The second-order valence-electron chi connectivity index (χ2n) is 2.84. The van der Waals surface area contributed by atoms with Crippen molar-refractivity contribution in [1.82, 2.24) is 0 Å². The first kappa shape index (κ1) is 11.9. The molecule has 0 saturated carbocycles. The summed E-state index contributed by atoms with van der Waals surface area (Å²) < 4.78 is 26.2. The fourth-order valence-electron chi connectivity index (χ4n) is 1.10. The molecule has 1 aromatic carbocycles. The molecule has 0 saturated heterocycles. The number of hydrogen-bond acceptors (Lipinski definition) is 3. The van der Waals surface area contributed by atoms with E-state index in [-0.39, 0.29) is 13.0 Å². The number of ketones is 1. The molecule has 0 aromatic heterocycles. The second kappa shape index (κ2) is 4.55. The lowest BCUT2D eigenvalue weighted by molar-refractivity contribution is 0.0978. The third-order valence-electron chi connectivity index (χ3n) is 1.80. The summed E-state index contributed by atoms with van der Waals surface area (Å²) >= 11 is 5.33. The number of nitrogens with two attached hydrogens (primary N) is 1. The minimum Gasteiger partial charge on any atom is -0.504 e. The number of carbonyl (C=O) groups is 1. The number of Topliss-reactive ketones (excluding diaryl/α,β-unsaturated/α-hetero) is 1. The molecule has 0 aliphatic heterocycles. The molecule has 0 radical (unpaired) electrons. The van der Waals surface area contributed by atoms with Gasteiger partial charge < -0.3 is 10.8 Å². The first-order valence-electron chi connectivity index (χ1n) is 4.08. The summed E-state index contributed by atoms with van der Waals surface area (Å²) in [6.07, 6.45) is -0.190. The number of carbonyl (C=O) groups excluding carboxylic acids is 1. The van der Waals surface area contributed by atoms with E-state index < -0.39 is 33.8 Å². The molecule has 0 amide bonds. The molecule has 1 rings (SSSR count). The molecule has 0 unspecified atom stereocenters. The molecule has 0 aliphatic carbocycles. The van der Waals surface area contributed by atoms with E-state index in [0.29, 0.717) is 6.07 Å². The van der Waals surface area contributed by atoms with Crippen LogP contribution in [-0.2, 0) is 0 Å². The number of rotatable bonds is 3. The van der Waals surface area contributed by atoms with Crippen molar-refractivity contribution in [3.8, 4) is 5.75 Å². The highest BCUT2D eigenvalue weighted by Gasteiger charge is 2.22. The summed E-state index contributed by atoms with van der Waals surface area (Å²) in [5, 5.41) is 8.61. The predicted octanol–water partition coefficient (Wildman–Crippen LogP) is 1.86. The molecule has 82 valence electrons. The average Bonchev–Trinajstić information content (AvgIpc) is 2.16. The van der Waals surface area contributed by atoms with Crippen molar-refractivity contribution < 1.29 is 18.7 Å². The van der Waals surface area contributed by atoms with Crippen LogP contribution in [-0.4, -0.2) is 17.4 Å². The van der Waals surface area contributed by atoms with Gasteiger partial charge in [0.2, 0.25) is 0 Å². The molecule has 6 heteroatoms. The van der Waals surface area contributed by atoms with Gasteiger partial charge in [-0.05, 0) is 12.6 Å². The maximum Gasteiger partial charge on any atom is 0.170 e. The van der Waals surface area contributed by atoms with Crippen LogP contribution in [0.5, 0.6) is 5.75 Å². The van der Waals surface area contributed by atoms with Crippen LogP contribution in [0.4, 0.5) is 8.78 Å². The number of phenols is 1. The van der Waals surface area contributed by atoms with E-state index in [4.69, 9.17) is 22.4 Å². The van der Waals surface area contributed by atoms with Gasteiger partial charge in [-0.3, -0.25) is 4.79 Å². The molecule has 0 bridgehead atoms. The van der Waals surface area contributed by atoms with Gasteiger partial charge in [-0.2, -0.15) is 0 Å². The summed E-state index contributed by atoms with van der Waals surface area (Å²) in [5.41, 5.74) is 4.35. The highest BCUT2D eigenvalue weighted by molar-refractivity contribution is 6.31. The van der Waals surface area contributed by atoms with Crippen LogP contribution < -0.4 is 5.73 Å². The van der Waals surface area contributed by atoms with Crippen molar-refractivity contribution in [3.05, 3.63) is 28.3 Å². The first-order valence-corrected chi connectivity index (χ1v) is 4.46. The fraction of sp³-hybridized carbons (Fsp3) is 0.222. The van der Waals surface area contributed by atoms with Gasteiger partial charge in [-0.25, -0.2) is 8.78 Å². The number of hydrogen-bond donors (Lipinski definition) is 2. The third-order valence-corrected chi connectivity index (χ3v) is 2.07. The smallest absolute Gasteiger partial charge is 0.170 e.